The van der Waals surface area contributed by atoms with E-state index < -0.39 is 0 Å². The molecule has 0 bridgehead atoms. The molecule has 0 atom stereocenters. The van der Waals surface area contributed by atoms with Crippen molar-refractivity contribution >= 4 is 0 Å². The third-order valence-corrected chi connectivity index (χ3v) is 1.31. The van der Waals surface area contributed by atoms with Crippen LogP contribution in [0.25, 0.3) is 0 Å². The summed E-state index contributed by atoms with van der Waals surface area (Å²) in [5, 5.41) is 0. The smallest absolute Gasteiger partial charge is 0 e. The summed E-state index contributed by atoms with van der Waals surface area (Å²) in [6.07, 6.45) is 19.0. The molecule has 0 heterocycles. The molecule has 0 aliphatic heterocycles. The summed E-state index contributed by atoms with van der Waals surface area (Å²) in [4.78, 5) is 0. The first kappa shape index (κ1) is 10.6. The van der Waals surface area contributed by atoms with Gasteiger partial charge in [0.15, 0.2) is 0 Å². The first-order valence-electron chi connectivity index (χ1n) is 3.63. The van der Waals surface area contributed by atoms with Crippen molar-refractivity contribution in [3.63, 3.8) is 0 Å². The van der Waals surface area contributed by atoms with Gasteiger partial charge < -0.3 is 0 Å². The van der Waals surface area contributed by atoms with Crippen molar-refractivity contribution in [1.82, 2.24) is 0 Å². The molecular formula is C10H12Rh. The Bertz CT molecular complexity index is 143. The van der Waals surface area contributed by atoms with Crippen LogP contribution >= 0.6 is 0 Å². The second-order valence-electron chi connectivity index (χ2n) is 2.18. The maximum Gasteiger partial charge on any atom is 0 e. The van der Waals surface area contributed by atoms with Crippen molar-refractivity contribution in [3.05, 3.63) is 48.6 Å². The van der Waals surface area contributed by atoms with Crippen LogP contribution in [-0.2, 0) is 19.5 Å². The molecule has 0 aromatic rings. The summed E-state index contributed by atoms with van der Waals surface area (Å²) in [6.45, 7) is 0. The van der Waals surface area contributed by atoms with Crippen molar-refractivity contribution in [1.29, 1.82) is 0 Å². The molecule has 1 radical (unpaired) electrons. The van der Waals surface area contributed by atoms with E-state index >= 15 is 0 Å². The summed E-state index contributed by atoms with van der Waals surface area (Å²) in [7, 11) is 0. The Balaban J connectivity index is 0.000000167. The number of allylic oxidation sites excluding steroid dienone is 8. The zero-order valence-corrected chi connectivity index (χ0v) is 8.01. The zero-order chi connectivity index (χ0) is 7.07. The van der Waals surface area contributed by atoms with E-state index in [1.807, 2.05) is 0 Å². The Morgan fingerprint density at radius 3 is 0.909 bits per heavy atom. The van der Waals surface area contributed by atoms with E-state index in [1.54, 1.807) is 0 Å². The minimum atomic E-state index is 0. The fraction of sp³-hybridized carbons (Fsp3) is 0.200. The number of hydrogen-bond acceptors (Lipinski definition) is 0. The van der Waals surface area contributed by atoms with Gasteiger partial charge >= 0.3 is 0 Å². The number of rotatable bonds is 0. The molecule has 0 N–H and O–H groups in total. The van der Waals surface area contributed by atoms with Crippen molar-refractivity contribution < 1.29 is 19.5 Å². The van der Waals surface area contributed by atoms with Gasteiger partial charge in [0.1, 0.15) is 0 Å². The molecule has 2 aliphatic carbocycles. The van der Waals surface area contributed by atoms with Gasteiger partial charge in [0.25, 0.3) is 0 Å². The van der Waals surface area contributed by atoms with Crippen LogP contribution in [0.1, 0.15) is 12.8 Å². The summed E-state index contributed by atoms with van der Waals surface area (Å²) >= 11 is 0. The molecule has 1 heteroatoms. The third-order valence-electron chi connectivity index (χ3n) is 1.31. The average Bonchev–Trinajstić information content (AvgIpc) is 2.67. The third kappa shape index (κ3) is 6.00. The Labute approximate surface area is 81.1 Å². The van der Waals surface area contributed by atoms with E-state index in [-0.39, 0.29) is 19.5 Å². The van der Waals surface area contributed by atoms with Gasteiger partial charge in [-0.25, -0.2) is 0 Å². The first-order chi connectivity index (χ1) is 5.00. The summed E-state index contributed by atoms with van der Waals surface area (Å²) in [5.74, 6) is 0. The molecule has 0 unspecified atom stereocenters. The Hall–Kier alpha value is -0.417. The predicted octanol–water partition coefficient (Wildman–Crippen LogP) is 3.00. The topological polar surface area (TPSA) is 0 Å². The van der Waals surface area contributed by atoms with Gasteiger partial charge in [0.05, 0.1) is 0 Å². The van der Waals surface area contributed by atoms with Gasteiger partial charge in [-0.2, -0.15) is 0 Å². The average molecular weight is 235 g/mol. The van der Waals surface area contributed by atoms with Crippen LogP contribution in [0.15, 0.2) is 48.6 Å². The van der Waals surface area contributed by atoms with E-state index in [1.165, 1.54) is 0 Å². The number of hydrogen-bond donors (Lipinski definition) is 0. The zero-order valence-electron chi connectivity index (χ0n) is 6.37. The summed E-state index contributed by atoms with van der Waals surface area (Å²) in [5.41, 5.74) is 0. The summed E-state index contributed by atoms with van der Waals surface area (Å²) in [6, 6.07) is 0. The van der Waals surface area contributed by atoms with Crippen LogP contribution in [0.2, 0.25) is 0 Å². The Morgan fingerprint density at radius 2 is 0.818 bits per heavy atom. The largest absolute Gasteiger partial charge is 0.0808 e. The Morgan fingerprint density at radius 1 is 0.545 bits per heavy atom. The van der Waals surface area contributed by atoms with Gasteiger partial charge in [-0.3, -0.25) is 0 Å². The molecule has 0 amide bonds. The maximum absolute atomic E-state index is 2.12. The quantitative estimate of drug-likeness (QED) is 0.566. The van der Waals surface area contributed by atoms with Crippen molar-refractivity contribution in [2.45, 2.75) is 12.8 Å². The fourth-order valence-corrected chi connectivity index (χ4v) is 0.786. The second-order valence-corrected chi connectivity index (χ2v) is 2.18. The van der Waals surface area contributed by atoms with Crippen LogP contribution in [0.4, 0.5) is 0 Å². The summed E-state index contributed by atoms with van der Waals surface area (Å²) < 4.78 is 0. The molecule has 0 fully saturated rings. The predicted molar refractivity (Wildman–Crippen MR) is 45.8 cm³/mol. The fourth-order valence-electron chi connectivity index (χ4n) is 0.786. The van der Waals surface area contributed by atoms with Crippen molar-refractivity contribution in [2.75, 3.05) is 0 Å². The van der Waals surface area contributed by atoms with Crippen LogP contribution in [0.3, 0.4) is 0 Å². The second kappa shape index (κ2) is 7.69. The van der Waals surface area contributed by atoms with Crippen LogP contribution < -0.4 is 0 Å². The van der Waals surface area contributed by atoms with Gasteiger partial charge in [0, 0.05) is 19.5 Å². The molecule has 0 spiro atoms. The molecule has 61 valence electrons. The van der Waals surface area contributed by atoms with Crippen LogP contribution in [0.5, 0.6) is 0 Å². The molecule has 0 saturated carbocycles. The molecule has 0 saturated heterocycles. The molecule has 11 heavy (non-hydrogen) atoms. The van der Waals surface area contributed by atoms with Crippen LogP contribution in [0, 0.1) is 0 Å². The maximum atomic E-state index is 2.12. The normalized spacial score (nSPS) is 16.0. The molecule has 0 aromatic heterocycles. The van der Waals surface area contributed by atoms with E-state index in [2.05, 4.69) is 48.6 Å². The van der Waals surface area contributed by atoms with Crippen molar-refractivity contribution in [3.8, 4) is 0 Å². The molecular weight excluding hydrogens is 223 g/mol. The van der Waals surface area contributed by atoms with E-state index in [0.717, 1.165) is 12.8 Å². The molecule has 2 aliphatic rings. The van der Waals surface area contributed by atoms with Crippen molar-refractivity contribution in [2.24, 2.45) is 0 Å². The van der Waals surface area contributed by atoms with E-state index in [9.17, 15) is 0 Å². The standard InChI is InChI=1S/2C5H6.Rh/c2*1-2-4-5-3-1;/h2*1-4H,5H2;. The minimum Gasteiger partial charge on any atom is -0.0808 e. The van der Waals surface area contributed by atoms with E-state index in [4.69, 9.17) is 0 Å². The van der Waals surface area contributed by atoms with Gasteiger partial charge in [0.2, 0.25) is 0 Å². The molecule has 0 nitrogen and oxygen atoms in total. The molecule has 2 rings (SSSR count). The molecule has 0 aromatic carbocycles. The van der Waals surface area contributed by atoms with Gasteiger partial charge in [-0.05, 0) is 12.8 Å². The monoisotopic (exact) mass is 235 g/mol. The Kier molecular flexibility index (Phi) is 7.40. The first-order valence-corrected chi connectivity index (χ1v) is 3.63. The van der Waals surface area contributed by atoms with Gasteiger partial charge in [-0.1, -0.05) is 48.6 Å². The van der Waals surface area contributed by atoms with Gasteiger partial charge in [-0.15, -0.1) is 0 Å². The minimum absolute atomic E-state index is 0. The SMILES string of the molecule is C1=CCC=C1.C1=CCC=C1.[Rh]. The van der Waals surface area contributed by atoms with E-state index in [0.29, 0.717) is 0 Å². The van der Waals surface area contributed by atoms with Crippen LogP contribution in [-0.4, -0.2) is 0 Å².